The molecular weight excluding hydrogens is 316 g/mol. The molecule has 3 rings (SSSR count). The SMILES string of the molecule is Cn1c(CN2CCC(O)CC2)nnc1[C@@H]1CCCN(CC(C)(C)N)C1. The highest BCUT2D eigenvalue weighted by atomic mass is 16.3. The van der Waals surface area contributed by atoms with Crippen LogP contribution in [-0.4, -0.2) is 74.0 Å². The van der Waals surface area contributed by atoms with E-state index < -0.39 is 0 Å². The predicted molar refractivity (Wildman–Crippen MR) is 98.2 cm³/mol. The number of rotatable bonds is 5. The average molecular weight is 351 g/mol. The van der Waals surface area contributed by atoms with Crippen LogP contribution in [0.4, 0.5) is 0 Å². The van der Waals surface area contributed by atoms with Gasteiger partial charge in [0.15, 0.2) is 0 Å². The fourth-order valence-electron chi connectivity index (χ4n) is 4.13. The van der Waals surface area contributed by atoms with Crippen molar-refractivity contribution in [3.8, 4) is 0 Å². The Bertz CT molecular complexity index is 558. The van der Waals surface area contributed by atoms with E-state index in [1.165, 1.54) is 12.8 Å². The van der Waals surface area contributed by atoms with Gasteiger partial charge in [-0.1, -0.05) is 0 Å². The van der Waals surface area contributed by atoms with Crippen molar-refractivity contribution in [2.45, 2.75) is 63.6 Å². The van der Waals surface area contributed by atoms with Crippen LogP contribution >= 0.6 is 0 Å². The Hall–Kier alpha value is -1.02. The van der Waals surface area contributed by atoms with Crippen molar-refractivity contribution in [3.05, 3.63) is 11.6 Å². The Labute approximate surface area is 151 Å². The molecule has 0 saturated carbocycles. The van der Waals surface area contributed by atoms with Crippen LogP contribution in [0.15, 0.2) is 0 Å². The second-order valence-corrected chi connectivity index (χ2v) is 8.60. The summed E-state index contributed by atoms with van der Waals surface area (Å²) >= 11 is 0. The number of hydrogen-bond donors (Lipinski definition) is 2. The molecule has 7 nitrogen and oxygen atoms in total. The van der Waals surface area contributed by atoms with E-state index >= 15 is 0 Å². The van der Waals surface area contributed by atoms with E-state index in [0.717, 1.165) is 63.8 Å². The summed E-state index contributed by atoms with van der Waals surface area (Å²) in [4.78, 5) is 4.83. The first kappa shape index (κ1) is 18.8. The van der Waals surface area contributed by atoms with Crippen molar-refractivity contribution in [1.82, 2.24) is 24.6 Å². The summed E-state index contributed by atoms with van der Waals surface area (Å²) in [7, 11) is 2.09. The Balaban J connectivity index is 1.62. The molecule has 0 aliphatic carbocycles. The average Bonchev–Trinajstić information content (AvgIpc) is 2.89. The summed E-state index contributed by atoms with van der Waals surface area (Å²) in [5, 5.41) is 18.7. The summed E-state index contributed by atoms with van der Waals surface area (Å²) in [6, 6.07) is 0. The molecule has 2 aliphatic heterocycles. The van der Waals surface area contributed by atoms with Gasteiger partial charge in [0.05, 0.1) is 12.6 Å². The van der Waals surface area contributed by atoms with Gasteiger partial charge < -0.3 is 20.3 Å². The van der Waals surface area contributed by atoms with Crippen LogP contribution in [0.3, 0.4) is 0 Å². The van der Waals surface area contributed by atoms with Crippen LogP contribution in [0.25, 0.3) is 0 Å². The molecule has 25 heavy (non-hydrogen) atoms. The quantitative estimate of drug-likeness (QED) is 0.813. The van der Waals surface area contributed by atoms with Gasteiger partial charge in [0.25, 0.3) is 0 Å². The van der Waals surface area contributed by atoms with Crippen molar-refractivity contribution in [2.75, 3.05) is 32.7 Å². The Morgan fingerprint density at radius 2 is 1.84 bits per heavy atom. The van der Waals surface area contributed by atoms with Crippen molar-refractivity contribution in [2.24, 2.45) is 12.8 Å². The Morgan fingerprint density at radius 3 is 2.52 bits per heavy atom. The monoisotopic (exact) mass is 350 g/mol. The largest absolute Gasteiger partial charge is 0.393 e. The molecule has 2 saturated heterocycles. The summed E-state index contributed by atoms with van der Waals surface area (Å²) in [6.45, 7) is 9.94. The molecule has 3 N–H and O–H groups in total. The maximum atomic E-state index is 9.65. The normalized spacial score (nSPS) is 24.8. The van der Waals surface area contributed by atoms with Crippen LogP contribution in [0.1, 0.15) is 57.1 Å². The standard InChI is InChI=1S/C18H34N6O/c1-18(2,19)13-24-8-4-5-14(11-24)17-21-20-16(22(17)3)12-23-9-6-15(25)7-10-23/h14-15,25H,4-13,19H2,1-3H3/t14-/m1/s1. The number of piperidine rings is 2. The van der Waals surface area contributed by atoms with E-state index in [2.05, 4.69) is 45.5 Å². The lowest BCUT2D eigenvalue weighted by molar-refractivity contribution is 0.0775. The van der Waals surface area contributed by atoms with E-state index in [4.69, 9.17) is 5.73 Å². The third-order valence-corrected chi connectivity index (χ3v) is 5.42. The van der Waals surface area contributed by atoms with Crippen molar-refractivity contribution in [1.29, 1.82) is 0 Å². The van der Waals surface area contributed by atoms with E-state index in [1.54, 1.807) is 0 Å². The number of likely N-dealkylation sites (tertiary alicyclic amines) is 2. The Kier molecular flexibility index (Phi) is 5.78. The molecule has 0 amide bonds. The van der Waals surface area contributed by atoms with Gasteiger partial charge >= 0.3 is 0 Å². The minimum atomic E-state index is -0.161. The van der Waals surface area contributed by atoms with Gasteiger partial charge in [-0.2, -0.15) is 0 Å². The lowest BCUT2D eigenvalue weighted by atomic mass is 9.95. The molecule has 0 bridgehead atoms. The number of nitrogens with two attached hydrogens (primary N) is 1. The van der Waals surface area contributed by atoms with Gasteiger partial charge in [-0.3, -0.25) is 4.90 Å². The first-order valence-electron chi connectivity index (χ1n) is 9.61. The third-order valence-electron chi connectivity index (χ3n) is 5.42. The number of aliphatic hydroxyl groups is 1. The Morgan fingerprint density at radius 1 is 1.12 bits per heavy atom. The molecule has 1 atom stereocenters. The number of hydrogen-bond acceptors (Lipinski definition) is 6. The van der Waals surface area contributed by atoms with E-state index in [0.29, 0.717) is 5.92 Å². The van der Waals surface area contributed by atoms with E-state index in [9.17, 15) is 5.11 Å². The van der Waals surface area contributed by atoms with Gasteiger partial charge in [0.2, 0.25) is 0 Å². The molecule has 0 unspecified atom stereocenters. The third kappa shape index (κ3) is 5.00. The molecule has 1 aromatic heterocycles. The first-order valence-corrected chi connectivity index (χ1v) is 9.61. The molecule has 2 aliphatic rings. The highest BCUT2D eigenvalue weighted by Gasteiger charge is 2.28. The van der Waals surface area contributed by atoms with Crippen LogP contribution in [0.2, 0.25) is 0 Å². The van der Waals surface area contributed by atoms with Crippen molar-refractivity contribution < 1.29 is 5.11 Å². The predicted octanol–water partition coefficient (Wildman–Crippen LogP) is 0.689. The van der Waals surface area contributed by atoms with Crippen molar-refractivity contribution in [3.63, 3.8) is 0 Å². The van der Waals surface area contributed by atoms with Crippen LogP contribution < -0.4 is 5.73 Å². The molecule has 3 heterocycles. The maximum absolute atomic E-state index is 9.65. The lowest BCUT2D eigenvalue weighted by Gasteiger charge is -2.36. The number of aliphatic hydroxyl groups excluding tert-OH is 1. The molecular formula is C18H34N6O. The molecule has 0 spiro atoms. The second-order valence-electron chi connectivity index (χ2n) is 8.60. The number of nitrogens with zero attached hydrogens (tertiary/aromatic N) is 5. The number of aromatic nitrogens is 3. The molecule has 142 valence electrons. The summed E-state index contributed by atoms with van der Waals surface area (Å²) in [6.07, 6.45) is 3.94. The molecule has 7 heteroatoms. The maximum Gasteiger partial charge on any atom is 0.146 e. The highest BCUT2D eigenvalue weighted by Crippen LogP contribution is 2.26. The van der Waals surface area contributed by atoms with Crippen LogP contribution in [0.5, 0.6) is 0 Å². The zero-order chi connectivity index (χ0) is 18.0. The van der Waals surface area contributed by atoms with Gasteiger partial charge in [-0.25, -0.2) is 0 Å². The lowest BCUT2D eigenvalue weighted by Crippen LogP contribution is -2.48. The first-order chi connectivity index (χ1) is 11.8. The molecule has 2 fully saturated rings. The minimum absolute atomic E-state index is 0.133. The second kappa shape index (κ2) is 7.70. The van der Waals surface area contributed by atoms with E-state index in [-0.39, 0.29) is 11.6 Å². The van der Waals surface area contributed by atoms with Crippen LogP contribution in [-0.2, 0) is 13.6 Å². The van der Waals surface area contributed by atoms with Gasteiger partial charge in [-0.15, -0.1) is 10.2 Å². The van der Waals surface area contributed by atoms with Gasteiger partial charge in [0, 0.05) is 44.7 Å². The fraction of sp³-hybridized carbons (Fsp3) is 0.889. The summed E-state index contributed by atoms with van der Waals surface area (Å²) < 4.78 is 2.19. The summed E-state index contributed by atoms with van der Waals surface area (Å²) in [5.74, 6) is 2.57. The van der Waals surface area contributed by atoms with Gasteiger partial charge in [0.1, 0.15) is 11.6 Å². The van der Waals surface area contributed by atoms with E-state index in [1.807, 2.05) is 0 Å². The fourth-order valence-corrected chi connectivity index (χ4v) is 4.13. The zero-order valence-electron chi connectivity index (χ0n) is 16.0. The minimum Gasteiger partial charge on any atom is -0.393 e. The topological polar surface area (TPSA) is 83.4 Å². The van der Waals surface area contributed by atoms with Crippen molar-refractivity contribution >= 4 is 0 Å². The van der Waals surface area contributed by atoms with Crippen LogP contribution in [0, 0.1) is 0 Å². The smallest absolute Gasteiger partial charge is 0.146 e. The molecule has 0 aromatic carbocycles. The summed E-state index contributed by atoms with van der Waals surface area (Å²) in [5.41, 5.74) is 6.04. The van der Waals surface area contributed by atoms with Gasteiger partial charge in [-0.05, 0) is 46.1 Å². The highest BCUT2D eigenvalue weighted by molar-refractivity contribution is 5.04. The molecule has 0 radical (unpaired) electrons. The molecule has 1 aromatic rings. The zero-order valence-corrected chi connectivity index (χ0v) is 16.0.